The predicted molar refractivity (Wildman–Crippen MR) is 38.8 cm³/mol. The molecule has 0 saturated carbocycles. The van der Waals surface area contributed by atoms with Gasteiger partial charge in [-0.15, -0.1) is 0 Å². The van der Waals surface area contributed by atoms with E-state index in [2.05, 4.69) is 11.8 Å². The summed E-state index contributed by atoms with van der Waals surface area (Å²) in [6, 6.07) is 0.447. The molecule has 0 aliphatic carbocycles. The van der Waals surface area contributed by atoms with Crippen LogP contribution in [0, 0.1) is 0 Å². The summed E-state index contributed by atoms with van der Waals surface area (Å²) in [6.45, 7) is 3.33. The average Bonchev–Trinajstić information content (AvgIpc) is 2.36. The molecule has 0 bridgehead atoms. The highest BCUT2D eigenvalue weighted by Gasteiger charge is 2.23. The fourth-order valence-corrected chi connectivity index (χ4v) is 0.959. The lowest BCUT2D eigenvalue weighted by Gasteiger charge is -2.23. The third-order valence-electron chi connectivity index (χ3n) is 2.00. The van der Waals surface area contributed by atoms with E-state index in [1.807, 2.05) is 14.1 Å². The van der Waals surface area contributed by atoms with Crippen LogP contribution in [0.1, 0.15) is 6.92 Å². The molecule has 0 amide bonds. The highest BCUT2D eigenvalue weighted by Crippen LogP contribution is 2.10. The summed E-state index contributed by atoms with van der Waals surface area (Å²) in [4.78, 5) is 2.14. The molecule has 0 aromatic carbocycles. The Kier molecular flexibility index (Phi) is 2.65. The number of rotatable bonds is 2. The number of nitrogens with zero attached hydrogens (tertiary/aromatic N) is 1. The Morgan fingerprint density at radius 1 is 1.50 bits per heavy atom. The zero-order chi connectivity index (χ0) is 7.56. The molecule has 0 radical (unpaired) electrons. The van der Waals surface area contributed by atoms with Crippen LogP contribution in [0.3, 0.4) is 0 Å². The molecule has 1 rings (SSSR count). The van der Waals surface area contributed by atoms with Gasteiger partial charge in [-0.05, 0) is 21.0 Å². The Morgan fingerprint density at radius 2 is 2.20 bits per heavy atom. The van der Waals surface area contributed by atoms with Gasteiger partial charge in [-0.25, -0.2) is 0 Å². The summed E-state index contributed by atoms with van der Waals surface area (Å²) in [6.07, 6.45) is 0.259. The van der Waals surface area contributed by atoms with Gasteiger partial charge in [0.15, 0.2) is 0 Å². The zero-order valence-electron chi connectivity index (χ0n) is 6.83. The number of hydrogen-bond acceptors (Lipinski definition) is 3. The van der Waals surface area contributed by atoms with Crippen molar-refractivity contribution in [2.75, 3.05) is 27.5 Å². The highest BCUT2D eigenvalue weighted by atomic mass is 16.7. The fourth-order valence-electron chi connectivity index (χ4n) is 0.959. The van der Waals surface area contributed by atoms with Crippen LogP contribution in [0.5, 0.6) is 0 Å². The molecule has 1 fully saturated rings. The van der Waals surface area contributed by atoms with Gasteiger partial charge in [-0.2, -0.15) is 0 Å². The SMILES string of the molecule is CC(C1COCO1)N(C)C. The van der Waals surface area contributed by atoms with E-state index in [9.17, 15) is 0 Å². The van der Waals surface area contributed by atoms with E-state index < -0.39 is 0 Å². The fraction of sp³-hybridized carbons (Fsp3) is 1.00. The molecule has 1 aliphatic heterocycles. The van der Waals surface area contributed by atoms with Gasteiger partial charge in [-0.3, -0.25) is 0 Å². The van der Waals surface area contributed by atoms with Crippen molar-refractivity contribution >= 4 is 0 Å². The van der Waals surface area contributed by atoms with Crippen molar-refractivity contribution in [3.05, 3.63) is 0 Å². The minimum atomic E-state index is 0.259. The third-order valence-corrected chi connectivity index (χ3v) is 2.00. The van der Waals surface area contributed by atoms with Gasteiger partial charge in [-0.1, -0.05) is 0 Å². The Balaban J connectivity index is 2.32. The molecule has 1 heterocycles. The second-order valence-electron chi connectivity index (χ2n) is 2.90. The maximum absolute atomic E-state index is 5.31. The molecule has 1 aliphatic rings. The van der Waals surface area contributed by atoms with Crippen LogP contribution in [0.4, 0.5) is 0 Å². The van der Waals surface area contributed by atoms with E-state index in [-0.39, 0.29) is 6.10 Å². The predicted octanol–water partition coefficient (Wildman–Crippen LogP) is 0.309. The molecule has 0 N–H and O–H groups in total. The Bertz CT molecular complexity index is 99.8. The minimum absolute atomic E-state index is 0.259. The largest absolute Gasteiger partial charge is 0.353 e. The van der Waals surface area contributed by atoms with Gasteiger partial charge >= 0.3 is 0 Å². The van der Waals surface area contributed by atoms with Gasteiger partial charge in [0.05, 0.1) is 12.7 Å². The summed E-state index contributed by atoms with van der Waals surface area (Å²) in [5, 5.41) is 0. The first-order valence-electron chi connectivity index (χ1n) is 3.57. The van der Waals surface area contributed by atoms with Crippen LogP contribution >= 0.6 is 0 Å². The lowest BCUT2D eigenvalue weighted by Crippen LogP contribution is -2.37. The van der Waals surface area contributed by atoms with Gasteiger partial charge in [0.25, 0.3) is 0 Å². The van der Waals surface area contributed by atoms with E-state index in [0.29, 0.717) is 12.8 Å². The van der Waals surface area contributed by atoms with Crippen LogP contribution in [-0.2, 0) is 9.47 Å². The van der Waals surface area contributed by atoms with E-state index in [4.69, 9.17) is 9.47 Å². The van der Waals surface area contributed by atoms with E-state index in [1.54, 1.807) is 0 Å². The number of likely N-dealkylation sites (N-methyl/N-ethyl adjacent to an activating group) is 1. The summed E-state index contributed by atoms with van der Waals surface area (Å²) in [7, 11) is 4.10. The van der Waals surface area contributed by atoms with Crippen molar-refractivity contribution in [3.8, 4) is 0 Å². The van der Waals surface area contributed by atoms with Crippen LogP contribution in [-0.4, -0.2) is 44.5 Å². The van der Waals surface area contributed by atoms with E-state index in [0.717, 1.165) is 6.61 Å². The van der Waals surface area contributed by atoms with Crippen molar-refractivity contribution < 1.29 is 9.47 Å². The van der Waals surface area contributed by atoms with Crippen molar-refractivity contribution in [2.24, 2.45) is 0 Å². The van der Waals surface area contributed by atoms with Crippen molar-refractivity contribution in [3.63, 3.8) is 0 Å². The van der Waals surface area contributed by atoms with E-state index in [1.165, 1.54) is 0 Å². The molecule has 60 valence electrons. The topological polar surface area (TPSA) is 21.7 Å². The molecule has 0 spiro atoms. The first-order valence-corrected chi connectivity index (χ1v) is 3.57. The first-order chi connectivity index (χ1) is 4.72. The van der Waals surface area contributed by atoms with Crippen LogP contribution < -0.4 is 0 Å². The average molecular weight is 145 g/mol. The number of hydrogen-bond donors (Lipinski definition) is 0. The molecule has 3 nitrogen and oxygen atoms in total. The summed E-state index contributed by atoms with van der Waals surface area (Å²) < 4.78 is 10.4. The summed E-state index contributed by atoms with van der Waals surface area (Å²) in [5.74, 6) is 0. The lowest BCUT2D eigenvalue weighted by atomic mass is 10.2. The molecule has 1 saturated heterocycles. The van der Waals surface area contributed by atoms with Crippen molar-refractivity contribution in [2.45, 2.75) is 19.1 Å². The zero-order valence-corrected chi connectivity index (χ0v) is 6.83. The minimum Gasteiger partial charge on any atom is -0.353 e. The van der Waals surface area contributed by atoms with Gasteiger partial charge in [0, 0.05) is 6.04 Å². The van der Waals surface area contributed by atoms with Gasteiger partial charge in [0.2, 0.25) is 0 Å². The molecular formula is C7H15NO2. The summed E-state index contributed by atoms with van der Waals surface area (Å²) in [5.41, 5.74) is 0. The molecule has 2 atom stereocenters. The molecule has 3 heteroatoms. The Hall–Kier alpha value is -0.120. The first kappa shape index (κ1) is 7.98. The summed E-state index contributed by atoms with van der Waals surface area (Å²) >= 11 is 0. The van der Waals surface area contributed by atoms with Crippen LogP contribution in [0.2, 0.25) is 0 Å². The standard InChI is InChI=1S/C7H15NO2/c1-6(8(2)3)7-4-9-5-10-7/h6-7H,4-5H2,1-3H3. The van der Waals surface area contributed by atoms with Crippen LogP contribution in [0.25, 0.3) is 0 Å². The monoisotopic (exact) mass is 145 g/mol. The normalized spacial score (nSPS) is 29.4. The van der Waals surface area contributed by atoms with Gasteiger partial charge in [0.1, 0.15) is 6.79 Å². The molecule has 10 heavy (non-hydrogen) atoms. The maximum Gasteiger partial charge on any atom is 0.147 e. The lowest BCUT2D eigenvalue weighted by molar-refractivity contribution is 0.0230. The van der Waals surface area contributed by atoms with Crippen molar-refractivity contribution in [1.29, 1.82) is 0 Å². The highest BCUT2D eigenvalue weighted by molar-refractivity contribution is 4.73. The second-order valence-corrected chi connectivity index (χ2v) is 2.90. The number of ether oxygens (including phenoxy) is 2. The van der Waals surface area contributed by atoms with Crippen molar-refractivity contribution in [1.82, 2.24) is 4.90 Å². The van der Waals surface area contributed by atoms with Crippen LogP contribution in [0.15, 0.2) is 0 Å². The quantitative estimate of drug-likeness (QED) is 0.558. The molecule has 0 aromatic heterocycles. The maximum atomic E-state index is 5.31. The molecule has 0 aromatic rings. The second kappa shape index (κ2) is 3.32. The van der Waals surface area contributed by atoms with Gasteiger partial charge < -0.3 is 14.4 Å². The molecule has 2 unspecified atom stereocenters. The third kappa shape index (κ3) is 1.68. The molecular weight excluding hydrogens is 130 g/mol. The Labute approximate surface area is 61.9 Å². The Morgan fingerprint density at radius 3 is 2.60 bits per heavy atom. The van der Waals surface area contributed by atoms with E-state index >= 15 is 0 Å². The smallest absolute Gasteiger partial charge is 0.147 e.